The van der Waals surface area contributed by atoms with Gasteiger partial charge in [-0.1, -0.05) is 20.8 Å². The van der Waals surface area contributed by atoms with E-state index >= 15 is 0 Å². The van der Waals surface area contributed by atoms with Crippen LogP contribution in [0.25, 0.3) is 0 Å². The lowest BCUT2D eigenvalue weighted by molar-refractivity contribution is -0.127. The van der Waals surface area contributed by atoms with Crippen molar-refractivity contribution in [1.29, 1.82) is 0 Å². The standard InChI is InChI=1S/C25H34N2O5S/c1-6-15-31-20-8-10-21(11-9-20)33(29,30)26-19-7-12-22-23(16-19)32-17-25(4,5)24(28)27(22)14-13-18(2)3/h7-12,16,18,26H,6,13-15,17H2,1-5H3. The number of sulfonamides is 1. The van der Waals surface area contributed by atoms with Crippen LogP contribution in [0.1, 0.15) is 47.5 Å². The van der Waals surface area contributed by atoms with Crippen LogP contribution in [0.4, 0.5) is 11.4 Å². The van der Waals surface area contributed by atoms with Gasteiger partial charge in [-0.05, 0) is 69.0 Å². The first kappa shape index (κ1) is 24.9. The van der Waals surface area contributed by atoms with Gasteiger partial charge in [-0.15, -0.1) is 0 Å². The molecule has 1 amide bonds. The quantitative estimate of drug-likeness (QED) is 0.548. The van der Waals surface area contributed by atoms with Crippen LogP contribution in [-0.2, 0) is 14.8 Å². The van der Waals surface area contributed by atoms with Crippen molar-refractivity contribution >= 4 is 27.3 Å². The molecule has 1 N–H and O–H groups in total. The summed E-state index contributed by atoms with van der Waals surface area (Å²) in [6.07, 6.45) is 1.73. The zero-order chi connectivity index (χ0) is 24.2. The fraction of sp³-hybridized carbons (Fsp3) is 0.480. The Labute approximate surface area is 197 Å². The maximum atomic E-state index is 13.2. The van der Waals surface area contributed by atoms with Crippen LogP contribution in [0.15, 0.2) is 47.4 Å². The number of carbonyl (C=O) groups excluding carboxylic acids is 1. The maximum Gasteiger partial charge on any atom is 0.261 e. The number of anilines is 2. The Kier molecular flexibility index (Phi) is 7.57. The molecule has 0 aromatic heterocycles. The number of hydrogen-bond donors (Lipinski definition) is 1. The molecule has 0 saturated heterocycles. The fourth-order valence-electron chi connectivity index (χ4n) is 3.47. The third-order valence-corrected chi connectivity index (χ3v) is 6.85. The Hall–Kier alpha value is -2.74. The Morgan fingerprint density at radius 3 is 2.48 bits per heavy atom. The van der Waals surface area contributed by atoms with Crippen LogP contribution in [0.2, 0.25) is 0 Å². The minimum atomic E-state index is -3.80. The molecule has 0 bridgehead atoms. The summed E-state index contributed by atoms with van der Waals surface area (Å²) in [6.45, 7) is 11.3. The predicted molar refractivity (Wildman–Crippen MR) is 131 cm³/mol. The number of carbonyl (C=O) groups is 1. The molecule has 0 fully saturated rings. The van der Waals surface area contributed by atoms with Crippen molar-refractivity contribution < 1.29 is 22.7 Å². The predicted octanol–water partition coefficient (Wildman–Crippen LogP) is 5.07. The number of amides is 1. The second kappa shape index (κ2) is 10.0. The van der Waals surface area contributed by atoms with Gasteiger partial charge in [0.05, 0.1) is 28.3 Å². The number of fused-ring (bicyclic) bond motifs is 1. The molecule has 0 aliphatic carbocycles. The molecule has 0 unspecified atom stereocenters. The molecule has 7 nitrogen and oxygen atoms in total. The smallest absolute Gasteiger partial charge is 0.261 e. The summed E-state index contributed by atoms with van der Waals surface area (Å²) >= 11 is 0. The average molecular weight is 475 g/mol. The van der Waals surface area contributed by atoms with Crippen LogP contribution in [0.3, 0.4) is 0 Å². The second-order valence-electron chi connectivity index (χ2n) is 9.42. The third kappa shape index (κ3) is 5.99. The highest BCUT2D eigenvalue weighted by molar-refractivity contribution is 7.92. The van der Waals surface area contributed by atoms with Crippen LogP contribution in [-0.4, -0.2) is 34.1 Å². The average Bonchev–Trinajstić information content (AvgIpc) is 2.85. The molecule has 0 atom stereocenters. The molecular formula is C25H34N2O5S. The van der Waals surface area contributed by atoms with E-state index in [0.717, 1.165) is 12.8 Å². The zero-order valence-corrected chi connectivity index (χ0v) is 20.9. The lowest BCUT2D eigenvalue weighted by atomic mass is 9.92. The Bertz CT molecular complexity index is 1080. The summed E-state index contributed by atoms with van der Waals surface area (Å²) in [6, 6.07) is 11.4. The SMILES string of the molecule is CCCOc1ccc(S(=O)(=O)Nc2ccc3c(c2)OCC(C)(C)C(=O)N3CCC(C)C)cc1. The zero-order valence-electron chi connectivity index (χ0n) is 20.1. The summed E-state index contributed by atoms with van der Waals surface area (Å²) in [4.78, 5) is 15.1. The highest BCUT2D eigenvalue weighted by atomic mass is 32.2. The van der Waals surface area contributed by atoms with Crippen LogP contribution in [0.5, 0.6) is 11.5 Å². The number of nitrogens with zero attached hydrogens (tertiary/aromatic N) is 1. The largest absolute Gasteiger partial charge is 0.494 e. The highest BCUT2D eigenvalue weighted by Crippen LogP contribution is 2.39. The number of hydrogen-bond acceptors (Lipinski definition) is 5. The van der Waals surface area contributed by atoms with Gasteiger partial charge in [0.15, 0.2) is 0 Å². The van der Waals surface area contributed by atoms with Gasteiger partial charge < -0.3 is 14.4 Å². The number of benzene rings is 2. The first-order valence-corrected chi connectivity index (χ1v) is 12.9. The second-order valence-corrected chi connectivity index (χ2v) is 11.1. The molecule has 180 valence electrons. The lowest BCUT2D eigenvalue weighted by Crippen LogP contribution is -2.42. The van der Waals surface area contributed by atoms with Crippen molar-refractivity contribution in [3.8, 4) is 11.5 Å². The highest BCUT2D eigenvalue weighted by Gasteiger charge is 2.37. The van der Waals surface area contributed by atoms with Crippen molar-refractivity contribution in [2.75, 3.05) is 29.4 Å². The minimum absolute atomic E-state index is 0.000567. The van der Waals surface area contributed by atoms with E-state index in [4.69, 9.17) is 9.47 Å². The Balaban J connectivity index is 1.85. The van der Waals surface area contributed by atoms with Crippen molar-refractivity contribution in [3.63, 3.8) is 0 Å². The molecule has 0 radical (unpaired) electrons. The van der Waals surface area contributed by atoms with Gasteiger partial charge >= 0.3 is 0 Å². The van der Waals surface area contributed by atoms with Gasteiger partial charge in [0.2, 0.25) is 5.91 Å². The van der Waals surface area contributed by atoms with E-state index in [1.165, 1.54) is 12.1 Å². The third-order valence-electron chi connectivity index (χ3n) is 5.45. The van der Waals surface area contributed by atoms with E-state index in [2.05, 4.69) is 18.6 Å². The van der Waals surface area contributed by atoms with Crippen molar-refractivity contribution in [3.05, 3.63) is 42.5 Å². The summed E-state index contributed by atoms with van der Waals surface area (Å²) in [7, 11) is -3.80. The normalized spacial score (nSPS) is 15.6. The molecular weight excluding hydrogens is 440 g/mol. The molecule has 0 saturated carbocycles. The van der Waals surface area contributed by atoms with Gasteiger partial charge in [-0.2, -0.15) is 0 Å². The summed E-state index contributed by atoms with van der Waals surface area (Å²) in [5.41, 5.74) is 0.347. The van der Waals surface area contributed by atoms with Crippen LogP contribution in [0, 0.1) is 11.3 Å². The van der Waals surface area contributed by atoms with Crippen molar-refractivity contribution in [1.82, 2.24) is 0 Å². The molecule has 33 heavy (non-hydrogen) atoms. The van der Waals surface area contributed by atoms with Crippen molar-refractivity contribution in [2.24, 2.45) is 11.3 Å². The van der Waals surface area contributed by atoms with Crippen molar-refractivity contribution in [2.45, 2.75) is 52.4 Å². The van der Waals surface area contributed by atoms with Gasteiger partial charge in [0.25, 0.3) is 10.0 Å². The van der Waals surface area contributed by atoms with E-state index in [9.17, 15) is 13.2 Å². The number of rotatable bonds is 9. The van der Waals surface area contributed by atoms with Gasteiger partial charge in [-0.25, -0.2) is 8.42 Å². The minimum Gasteiger partial charge on any atom is -0.494 e. The van der Waals surface area contributed by atoms with Crippen LogP contribution < -0.4 is 19.1 Å². The molecule has 1 aliphatic rings. The molecule has 8 heteroatoms. The van der Waals surface area contributed by atoms with E-state index in [1.54, 1.807) is 35.2 Å². The fourth-order valence-corrected chi connectivity index (χ4v) is 4.52. The number of nitrogens with one attached hydrogen (secondary N) is 1. The molecule has 1 aliphatic heterocycles. The Morgan fingerprint density at radius 2 is 1.85 bits per heavy atom. The lowest BCUT2D eigenvalue weighted by Gasteiger charge is -2.28. The molecule has 2 aromatic carbocycles. The van der Waals surface area contributed by atoms with Gasteiger partial charge in [-0.3, -0.25) is 9.52 Å². The van der Waals surface area contributed by atoms with Crippen LogP contribution >= 0.6 is 0 Å². The van der Waals surface area contributed by atoms with E-state index in [0.29, 0.717) is 41.9 Å². The van der Waals surface area contributed by atoms with Gasteiger partial charge in [0, 0.05) is 12.6 Å². The summed E-state index contributed by atoms with van der Waals surface area (Å²) in [5, 5.41) is 0. The summed E-state index contributed by atoms with van der Waals surface area (Å²) in [5.74, 6) is 1.56. The van der Waals surface area contributed by atoms with Gasteiger partial charge in [0.1, 0.15) is 18.1 Å². The first-order valence-electron chi connectivity index (χ1n) is 11.4. The van der Waals surface area contributed by atoms with E-state index in [1.807, 2.05) is 20.8 Å². The molecule has 3 rings (SSSR count). The molecule has 2 aromatic rings. The number of ether oxygens (including phenoxy) is 2. The maximum absolute atomic E-state index is 13.2. The molecule has 1 heterocycles. The Morgan fingerprint density at radius 1 is 1.15 bits per heavy atom. The monoisotopic (exact) mass is 474 g/mol. The van der Waals surface area contributed by atoms with E-state index in [-0.39, 0.29) is 17.4 Å². The van der Waals surface area contributed by atoms with E-state index < -0.39 is 15.4 Å². The topological polar surface area (TPSA) is 84.9 Å². The first-order chi connectivity index (χ1) is 15.5. The summed E-state index contributed by atoms with van der Waals surface area (Å²) < 4.78 is 39.9. The molecule has 0 spiro atoms.